The van der Waals surface area contributed by atoms with Crippen molar-refractivity contribution in [1.82, 2.24) is 0 Å². The van der Waals surface area contributed by atoms with E-state index in [2.05, 4.69) is 0 Å². The summed E-state index contributed by atoms with van der Waals surface area (Å²) in [6.45, 7) is 0. The zero-order valence-corrected chi connectivity index (χ0v) is 5.19. The summed E-state index contributed by atoms with van der Waals surface area (Å²) in [6, 6.07) is 0. The molecule has 0 unspecified atom stereocenters. The van der Waals surface area contributed by atoms with E-state index in [0.29, 0.717) is 0 Å². The molecule has 0 amide bonds. The van der Waals surface area contributed by atoms with Gasteiger partial charge in [0.2, 0.25) is 0 Å². The Kier molecular flexibility index (Phi) is 2110. The van der Waals surface area contributed by atoms with Gasteiger partial charge in [0.15, 0.2) is 0 Å². The topological polar surface area (TPSA) is 94.5 Å². The molecule has 0 aromatic heterocycles. The van der Waals surface area contributed by atoms with Crippen LogP contribution in [-0.4, -0.2) is 16.4 Å². The molecule has 5 heavy (non-hydrogen) atoms. The first-order valence-corrected chi connectivity index (χ1v) is 0. The Labute approximate surface area is 53.8 Å². The SMILES string of the molecule is O.O.O.[V].[V]. The summed E-state index contributed by atoms with van der Waals surface area (Å²) in [5, 5.41) is 0. The summed E-state index contributed by atoms with van der Waals surface area (Å²) in [4.78, 5) is 0. The molecule has 0 heterocycles. The Morgan fingerprint density at radius 2 is 0.400 bits per heavy atom. The van der Waals surface area contributed by atoms with Crippen LogP contribution in [-0.2, 0) is 37.1 Å². The predicted octanol–water partition coefficient (Wildman–Crippen LogP) is -2.48. The second kappa shape index (κ2) is 75.2. The van der Waals surface area contributed by atoms with Crippen molar-refractivity contribution in [2.45, 2.75) is 0 Å². The average molecular weight is 156 g/mol. The van der Waals surface area contributed by atoms with Gasteiger partial charge in [-0.3, -0.25) is 0 Å². The summed E-state index contributed by atoms with van der Waals surface area (Å²) >= 11 is 0. The molecule has 0 atom stereocenters. The number of rotatable bonds is 0. The summed E-state index contributed by atoms with van der Waals surface area (Å²) < 4.78 is 0. The van der Waals surface area contributed by atoms with Crippen LogP contribution in [0.5, 0.6) is 0 Å². The second-order valence-electron chi connectivity index (χ2n) is 0. The molecule has 0 rings (SSSR count). The van der Waals surface area contributed by atoms with Crippen molar-refractivity contribution in [3.05, 3.63) is 0 Å². The van der Waals surface area contributed by atoms with E-state index in [-0.39, 0.29) is 53.5 Å². The predicted molar refractivity (Wildman–Crippen MR) is 10.8 cm³/mol. The van der Waals surface area contributed by atoms with Crippen LogP contribution in [0.25, 0.3) is 0 Å². The van der Waals surface area contributed by atoms with Crippen LogP contribution in [0.4, 0.5) is 0 Å². The van der Waals surface area contributed by atoms with Gasteiger partial charge in [-0.2, -0.15) is 0 Å². The van der Waals surface area contributed by atoms with Crippen LogP contribution in [0.3, 0.4) is 0 Å². The van der Waals surface area contributed by atoms with E-state index in [9.17, 15) is 0 Å². The van der Waals surface area contributed by atoms with Gasteiger partial charge in [0.25, 0.3) is 0 Å². The Morgan fingerprint density at radius 3 is 0.400 bits per heavy atom. The quantitative estimate of drug-likeness (QED) is 0.371. The van der Waals surface area contributed by atoms with Gasteiger partial charge in [0.1, 0.15) is 0 Å². The fraction of sp³-hybridized carbons (Fsp3) is 0. The molecule has 0 saturated carbocycles. The molecule has 0 fully saturated rings. The molecule has 0 saturated heterocycles. The molecule has 0 aromatic rings. The van der Waals surface area contributed by atoms with Crippen molar-refractivity contribution in [3.63, 3.8) is 0 Å². The molecule has 6 N–H and O–H groups in total. The molecular formula is H6O3V2. The van der Waals surface area contributed by atoms with Crippen LogP contribution in [0.2, 0.25) is 0 Å². The zero-order valence-electron chi connectivity index (χ0n) is 2.39. The third-order valence-electron chi connectivity index (χ3n) is 0. The molecular weight excluding hydrogens is 150 g/mol. The summed E-state index contributed by atoms with van der Waals surface area (Å²) in [5.74, 6) is 0. The standard InChI is InChI=1S/3H2O.2V/h3*1H2;;. The van der Waals surface area contributed by atoms with Crippen LogP contribution in [0.15, 0.2) is 0 Å². The minimum absolute atomic E-state index is 0. The van der Waals surface area contributed by atoms with E-state index in [4.69, 9.17) is 0 Å². The largest absolute Gasteiger partial charge is 0.412 e. The summed E-state index contributed by atoms with van der Waals surface area (Å²) in [5.41, 5.74) is 0. The van der Waals surface area contributed by atoms with Crippen molar-refractivity contribution in [3.8, 4) is 0 Å². The Hall–Kier alpha value is 1.05. The molecule has 0 aromatic carbocycles. The number of hydrogen-bond acceptors (Lipinski definition) is 0. The second-order valence-corrected chi connectivity index (χ2v) is 0. The Morgan fingerprint density at radius 1 is 0.400 bits per heavy atom. The molecule has 5 heteroatoms. The third-order valence-corrected chi connectivity index (χ3v) is 0. The molecule has 0 aliphatic carbocycles. The maximum atomic E-state index is 0. The Bertz CT molecular complexity index is 4.85. The normalized spacial score (nSPS) is 0. The zero-order chi connectivity index (χ0) is 0. The van der Waals surface area contributed by atoms with Gasteiger partial charge in [-0.25, -0.2) is 0 Å². The Balaban J connectivity index is 0. The van der Waals surface area contributed by atoms with Crippen molar-refractivity contribution < 1.29 is 53.5 Å². The van der Waals surface area contributed by atoms with Crippen LogP contribution < -0.4 is 0 Å². The minimum atomic E-state index is 0. The summed E-state index contributed by atoms with van der Waals surface area (Å²) in [7, 11) is 0. The van der Waals surface area contributed by atoms with Gasteiger partial charge in [-0.05, 0) is 0 Å². The van der Waals surface area contributed by atoms with Gasteiger partial charge in [0.05, 0.1) is 0 Å². The van der Waals surface area contributed by atoms with Gasteiger partial charge in [-0.1, -0.05) is 0 Å². The van der Waals surface area contributed by atoms with E-state index >= 15 is 0 Å². The first kappa shape index (κ1) is 140. The molecule has 3 nitrogen and oxygen atoms in total. The minimum Gasteiger partial charge on any atom is -0.412 e. The van der Waals surface area contributed by atoms with Crippen LogP contribution in [0, 0.1) is 0 Å². The monoisotopic (exact) mass is 156 g/mol. The van der Waals surface area contributed by atoms with Crippen molar-refractivity contribution in [2.24, 2.45) is 0 Å². The summed E-state index contributed by atoms with van der Waals surface area (Å²) in [6.07, 6.45) is 0. The fourth-order valence-electron chi connectivity index (χ4n) is 0. The molecule has 0 aliphatic heterocycles. The van der Waals surface area contributed by atoms with Gasteiger partial charge in [-0.15, -0.1) is 0 Å². The van der Waals surface area contributed by atoms with Crippen molar-refractivity contribution >= 4 is 0 Å². The first-order chi connectivity index (χ1) is 0. The third kappa shape index (κ3) is 42.7. The number of hydrogen-bond donors (Lipinski definition) is 0. The van der Waals surface area contributed by atoms with Crippen LogP contribution >= 0.6 is 0 Å². The first-order valence-electron chi connectivity index (χ1n) is 0. The van der Waals surface area contributed by atoms with Gasteiger partial charge < -0.3 is 16.4 Å². The molecule has 34 valence electrons. The van der Waals surface area contributed by atoms with E-state index in [1.54, 1.807) is 0 Å². The molecule has 0 spiro atoms. The maximum Gasteiger partial charge on any atom is 0 e. The van der Waals surface area contributed by atoms with Crippen molar-refractivity contribution in [2.75, 3.05) is 0 Å². The van der Waals surface area contributed by atoms with E-state index in [1.165, 1.54) is 0 Å². The molecule has 0 aliphatic rings. The van der Waals surface area contributed by atoms with Crippen LogP contribution in [0.1, 0.15) is 0 Å². The van der Waals surface area contributed by atoms with E-state index in [1.807, 2.05) is 0 Å². The maximum absolute atomic E-state index is 0. The van der Waals surface area contributed by atoms with Crippen molar-refractivity contribution in [1.29, 1.82) is 0 Å². The van der Waals surface area contributed by atoms with Gasteiger partial charge in [0, 0.05) is 37.1 Å². The van der Waals surface area contributed by atoms with E-state index in [0.717, 1.165) is 0 Å². The smallest absolute Gasteiger partial charge is 0 e. The fourth-order valence-corrected chi connectivity index (χ4v) is 0. The van der Waals surface area contributed by atoms with E-state index < -0.39 is 0 Å². The molecule has 0 bridgehead atoms. The van der Waals surface area contributed by atoms with Gasteiger partial charge >= 0.3 is 0 Å². The average Bonchev–Trinajstić information content (AvgIpc) is 0. The molecule has 2 radical (unpaired) electrons.